The standard InChI is InChI=1S/C15H31N3O2/c1-12(2)17(6)9-7-13-11-18(10-8-16-13)14(19)20-15(3,4)5/h12-13,16H,7-11H2,1-6H3. The van der Waals surface area contributed by atoms with Crippen molar-refractivity contribution in [1.29, 1.82) is 0 Å². The third kappa shape index (κ3) is 6.09. The van der Waals surface area contributed by atoms with E-state index in [-0.39, 0.29) is 6.09 Å². The van der Waals surface area contributed by atoms with Crippen LogP contribution in [0.25, 0.3) is 0 Å². The zero-order chi connectivity index (χ0) is 15.3. The van der Waals surface area contributed by atoms with E-state index in [1.54, 1.807) is 0 Å². The van der Waals surface area contributed by atoms with Crippen LogP contribution in [0.4, 0.5) is 4.79 Å². The van der Waals surface area contributed by atoms with Gasteiger partial charge in [-0.05, 0) is 54.6 Å². The van der Waals surface area contributed by atoms with Gasteiger partial charge in [-0.3, -0.25) is 0 Å². The summed E-state index contributed by atoms with van der Waals surface area (Å²) in [4.78, 5) is 16.2. The van der Waals surface area contributed by atoms with Gasteiger partial charge in [0.1, 0.15) is 5.60 Å². The van der Waals surface area contributed by atoms with E-state index in [0.717, 1.165) is 32.6 Å². The lowest BCUT2D eigenvalue weighted by atomic mass is 10.1. The number of nitrogens with zero attached hydrogens (tertiary/aromatic N) is 2. The molecule has 5 nitrogen and oxygen atoms in total. The predicted octanol–water partition coefficient (Wildman–Crippen LogP) is 1.93. The molecule has 0 bridgehead atoms. The smallest absolute Gasteiger partial charge is 0.410 e. The van der Waals surface area contributed by atoms with Crippen LogP contribution in [0.1, 0.15) is 41.0 Å². The summed E-state index contributed by atoms with van der Waals surface area (Å²) in [6.07, 6.45) is 0.856. The Morgan fingerprint density at radius 3 is 2.65 bits per heavy atom. The second-order valence-electron chi connectivity index (χ2n) is 6.94. The molecule has 0 aliphatic carbocycles. The van der Waals surface area contributed by atoms with Crippen LogP contribution in [-0.4, -0.2) is 66.8 Å². The van der Waals surface area contributed by atoms with E-state index in [2.05, 4.69) is 31.1 Å². The summed E-state index contributed by atoms with van der Waals surface area (Å²) in [5, 5.41) is 3.48. The molecule has 1 aliphatic rings. The largest absolute Gasteiger partial charge is 0.444 e. The number of nitrogens with one attached hydrogen (secondary N) is 1. The fourth-order valence-corrected chi connectivity index (χ4v) is 2.13. The monoisotopic (exact) mass is 285 g/mol. The molecule has 0 aromatic rings. The molecule has 1 fully saturated rings. The van der Waals surface area contributed by atoms with Crippen molar-refractivity contribution in [1.82, 2.24) is 15.1 Å². The molecule has 118 valence electrons. The molecule has 1 amide bonds. The van der Waals surface area contributed by atoms with Crippen LogP contribution in [-0.2, 0) is 4.74 Å². The molecule has 20 heavy (non-hydrogen) atoms. The number of carbonyl (C=O) groups is 1. The highest BCUT2D eigenvalue weighted by Crippen LogP contribution is 2.12. The molecule has 1 unspecified atom stereocenters. The van der Waals surface area contributed by atoms with Crippen molar-refractivity contribution in [2.24, 2.45) is 0 Å². The summed E-state index contributed by atoms with van der Waals surface area (Å²) in [5.41, 5.74) is -0.421. The van der Waals surface area contributed by atoms with Crippen LogP contribution < -0.4 is 5.32 Å². The van der Waals surface area contributed by atoms with Gasteiger partial charge in [0.25, 0.3) is 0 Å². The SMILES string of the molecule is CC(C)N(C)CCC1CN(C(=O)OC(C)(C)C)CCN1. The number of ether oxygens (including phenoxy) is 1. The second-order valence-corrected chi connectivity index (χ2v) is 6.94. The minimum atomic E-state index is -0.421. The van der Waals surface area contributed by atoms with E-state index in [1.807, 2.05) is 25.7 Å². The highest BCUT2D eigenvalue weighted by atomic mass is 16.6. The van der Waals surface area contributed by atoms with Gasteiger partial charge >= 0.3 is 6.09 Å². The lowest BCUT2D eigenvalue weighted by molar-refractivity contribution is 0.0189. The van der Waals surface area contributed by atoms with Gasteiger partial charge in [0.05, 0.1) is 0 Å². The van der Waals surface area contributed by atoms with Gasteiger partial charge in [-0.2, -0.15) is 0 Å². The van der Waals surface area contributed by atoms with Gasteiger partial charge in [0.15, 0.2) is 0 Å². The minimum Gasteiger partial charge on any atom is -0.444 e. The van der Waals surface area contributed by atoms with Gasteiger partial charge in [0.2, 0.25) is 0 Å². The van der Waals surface area contributed by atoms with E-state index in [9.17, 15) is 4.79 Å². The van der Waals surface area contributed by atoms with Gasteiger partial charge in [-0.1, -0.05) is 0 Å². The molecule has 1 saturated heterocycles. The lowest BCUT2D eigenvalue weighted by Gasteiger charge is -2.35. The summed E-state index contributed by atoms with van der Waals surface area (Å²) in [7, 11) is 2.14. The third-order valence-corrected chi connectivity index (χ3v) is 3.62. The van der Waals surface area contributed by atoms with E-state index in [4.69, 9.17) is 4.74 Å². The minimum absolute atomic E-state index is 0.193. The Morgan fingerprint density at radius 1 is 1.45 bits per heavy atom. The molecular formula is C15H31N3O2. The first-order chi connectivity index (χ1) is 9.19. The van der Waals surface area contributed by atoms with Crippen LogP contribution in [0, 0.1) is 0 Å². The molecule has 0 radical (unpaired) electrons. The van der Waals surface area contributed by atoms with Crippen molar-refractivity contribution in [2.75, 3.05) is 33.2 Å². The topological polar surface area (TPSA) is 44.8 Å². The highest BCUT2D eigenvalue weighted by Gasteiger charge is 2.27. The summed E-state index contributed by atoms with van der Waals surface area (Å²) in [5.74, 6) is 0. The molecule has 0 spiro atoms. The molecule has 5 heteroatoms. The number of hydrogen-bond acceptors (Lipinski definition) is 4. The van der Waals surface area contributed by atoms with Gasteiger partial charge in [-0.25, -0.2) is 4.79 Å². The second kappa shape index (κ2) is 7.27. The van der Waals surface area contributed by atoms with Gasteiger partial charge in [-0.15, -0.1) is 0 Å². The summed E-state index contributed by atoms with van der Waals surface area (Å²) >= 11 is 0. The van der Waals surface area contributed by atoms with Crippen LogP contribution >= 0.6 is 0 Å². The maximum Gasteiger partial charge on any atom is 0.410 e. The van der Waals surface area contributed by atoms with Crippen molar-refractivity contribution < 1.29 is 9.53 Å². The molecule has 0 saturated carbocycles. The van der Waals surface area contributed by atoms with E-state index >= 15 is 0 Å². The molecule has 1 rings (SSSR count). The predicted molar refractivity (Wildman–Crippen MR) is 82.0 cm³/mol. The Hall–Kier alpha value is -0.810. The Labute approximate surface area is 123 Å². The zero-order valence-electron chi connectivity index (χ0n) is 13.9. The highest BCUT2D eigenvalue weighted by molar-refractivity contribution is 5.68. The number of carbonyl (C=O) groups excluding carboxylic acids is 1. The summed E-state index contributed by atoms with van der Waals surface area (Å²) < 4.78 is 5.44. The van der Waals surface area contributed by atoms with Crippen molar-refractivity contribution in [3.63, 3.8) is 0 Å². The first-order valence-electron chi connectivity index (χ1n) is 7.60. The number of amides is 1. The molecule has 1 aliphatic heterocycles. The Bertz CT molecular complexity index is 313. The summed E-state index contributed by atoms with van der Waals surface area (Å²) in [6.45, 7) is 13.5. The average Bonchev–Trinajstić information content (AvgIpc) is 2.34. The zero-order valence-corrected chi connectivity index (χ0v) is 13.9. The van der Waals surface area contributed by atoms with Crippen molar-refractivity contribution >= 4 is 6.09 Å². The fourth-order valence-electron chi connectivity index (χ4n) is 2.13. The van der Waals surface area contributed by atoms with Crippen LogP contribution in [0.3, 0.4) is 0 Å². The van der Waals surface area contributed by atoms with Crippen LogP contribution in [0.5, 0.6) is 0 Å². The van der Waals surface area contributed by atoms with Crippen molar-refractivity contribution in [2.45, 2.75) is 58.7 Å². The van der Waals surface area contributed by atoms with Crippen LogP contribution in [0.15, 0.2) is 0 Å². The molecule has 0 aromatic heterocycles. The maximum atomic E-state index is 12.1. The Balaban J connectivity index is 2.40. The first-order valence-corrected chi connectivity index (χ1v) is 7.60. The third-order valence-electron chi connectivity index (χ3n) is 3.62. The first kappa shape index (κ1) is 17.2. The molecule has 0 aromatic carbocycles. The van der Waals surface area contributed by atoms with Crippen molar-refractivity contribution in [3.05, 3.63) is 0 Å². The molecular weight excluding hydrogens is 254 g/mol. The number of piperazine rings is 1. The lowest BCUT2D eigenvalue weighted by Crippen LogP contribution is -2.54. The van der Waals surface area contributed by atoms with E-state index in [0.29, 0.717) is 12.1 Å². The number of hydrogen-bond donors (Lipinski definition) is 1. The van der Waals surface area contributed by atoms with Gasteiger partial charge < -0.3 is 19.9 Å². The normalized spacial score (nSPS) is 20.6. The van der Waals surface area contributed by atoms with Crippen molar-refractivity contribution in [3.8, 4) is 0 Å². The fraction of sp³-hybridized carbons (Fsp3) is 0.933. The van der Waals surface area contributed by atoms with E-state index in [1.165, 1.54) is 0 Å². The Kier molecular flexibility index (Phi) is 6.27. The van der Waals surface area contributed by atoms with Crippen LogP contribution in [0.2, 0.25) is 0 Å². The van der Waals surface area contributed by atoms with E-state index < -0.39 is 5.60 Å². The Morgan fingerprint density at radius 2 is 2.10 bits per heavy atom. The molecule has 1 atom stereocenters. The average molecular weight is 285 g/mol. The molecule has 1 heterocycles. The maximum absolute atomic E-state index is 12.1. The number of rotatable bonds is 4. The quantitative estimate of drug-likeness (QED) is 0.857. The van der Waals surface area contributed by atoms with Gasteiger partial charge in [0, 0.05) is 31.7 Å². The summed E-state index contributed by atoms with van der Waals surface area (Å²) in [6, 6.07) is 0.915. The molecule has 1 N–H and O–H groups in total.